The zero-order valence-electron chi connectivity index (χ0n) is 12.2. The summed E-state index contributed by atoms with van der Waals surface area (Å²) >= 11 is 0. The number of halogens is 2. The summed E-state index contributed by atoms with van der Waals surface area (Å²) in [7, 11) is 0. The molecule has 112 valence electrons. The Morgan fingerprint density at radius 3 is 2.73 bits per heavy atom. The molecule has 0 bridgehead atoms. The summed E-state index contributed by atoms with van der Waals surface area (Å²) in [5.41, 5.74) is 1.53. The van der Waals surface area contributed by atoms with Crippen molar-refractivity contribution in [3.05, 3.63) is 64.7 Å². The molecule has 0 saturated carbocycles. The molecular formula is C18H15F2NO. The molecule has 2 aromatic rings. The van der Waals surface area contributed by atoms with Crippen LogP contribution in [-0.2, 0) is 6.67 Å². The minimum Gasteiger partial charge on any atom is -0.294 e. The quantitative estimate of drug-likeness (QED) is 0.630. The van der Waals surface area contributed by atoms with Crippen LogP contribution in [0.2, 0.25) is 0 Å². The van der Waals surface area contributed by atoms with Gasteiger partial charge in [-0.3, -0.25) is 4.79 Å². The SMILES string of the molecule is Cc1cccc(F)c1C(=O)CCC#Cc1cccc(CF)n1. The zero-order chi connectivity index (χ0) is 15.9. The van der Waals surface area contributed by atoms with Gasteiger partial charge in [0.1, 0.15) is 18.2 Å². The van der Waals surface area contributed by atoms with Crippen LogP contribution >= 0.6 is 0 Å². The van der Waals surface area contributed by atoms with Crippen LogP contribution < -0.4 is 0 Å². The number of carbonyl (C=O) groups is 1. The van der Waals surface area contributed by atoms with Gasteiger partial charge in [-0.1, -0.05) is 24.1 Å². The van der Waals surface area contributed by atoms with Gasteiger partial charge in [0.05, 0.1) is 11.3 Å². The first-order valence-corrected chi connectivity index (χ1v) is 6.91. The van der Waals surface area contributed by atoms with Gasteiger partial charge < -0.3 is 0 Å². The Kier molecular flexibility index (Phi) is 5.37. The normalized spacial score (nSPS) is 9.95. The number of Topliss-reactive ketones (excluding diaryl/α,β-unsaturated/α-hetero) is 1. The molecule has 0 saturated heterocycles. The maximum Gasteiger partial charge on any atom is 0.167 e. The maximum absolute atomic E-state index is 13.7. The van der Waals surface area contributed by atoms with Gasteiger partial charge in [-0.05, 0) is 36.6 Å². The molecule has 0 radical (unpaired) electrons. The van der Waals surface area contributed by atoms with Gasteiger partial charge in [-0.25, -0.2) is 13.8 Å². The number of nitrogens with zero attached hydrogens (tertiary/aromatic N) is 1. The minimum atomic E-state index is -0.638. The van der Waals surface area contributed by atoms with E-state index in [1.54, 1.807) is 37.3 Å². The van der Waals surface area contributed by atoms with Crippen LogP contribution in [0, 0.1) is 24.6 Å². The molecule has 0 fully saturated rings. The first-order valence-electron chi connectivity index (χ1n) is 6.91. The third-order valence-electron chi connectivity index (χ3n) is 3.14. The molecule has 0 aliphatic carbocycles. The van der Waals surface area contributed by atoms with Crippen molar-refractivity contribution in [3.8, 4) is 11.8 Å². The first kappa shape index (κ1) is 15.8. The number of rotatable bonds is 4. The van der Waals surface area contributed by atoms with Crippen LogP contribution in [0.5, 0.6) is 0 Å². The lowest BCUT2D eigenvalue weighted by molar-refractivity contribution is 0.0980. The minimum absolute atomic E-state index is 0.127. The molecule has 22 heavy (non-hydrogen) atoms. The summed E-state index contributed by atoms with van der Waals surface area (Å²) in [6.07, 6.45) is 0.436. The number of carbonyl (C=O) groups excluding carboxylic acids is 1. The molecule has 0 aliphatic rings. The zero-order valence-corrected chi connectivity index (χ0v) is 12.2. The highest BCUT2D eigenvalue weighted by atomic mass is 19.1. The molecule has 0 atom stereocenters. The van der Waals surface area contributed by atoms with E-state index < -0.39 is 12.5 Å². The van der Waals surface area contributed by atoms with Crippen molar-refractivity contribution >= 4 is 5.78 Å². The van der Waals surface area contributed by atoms with Crippen LogP contribution in [-0.4, -0.2) is 10.8 Å². The molecule has 0 unspecified atom stereocenters. The molecule has 4 heteroatoms. The molecule has 0 spiro atoms. The number of hydrogen-bond acceptors (Lipinski definition) is 2. The Morgan fingerprint density at radius 2 is 2.00 bits per heavy atom. The van der Waals surface area contributed by atoms with Crippen LogP contribution in [0.4, 0.5) is 8.78 Å². The van der Waals surface area contributed by atoms with E-state index in [4.69, 9.17) is 0 Å². The summed E-state index contributed by atoms with van der Waals surface area (Å²) < 4.78 is 26.1. The van der Waals surface area contributed by atoms with Crippen molar-refractivity contribution in [1.82, 2.24) is 4.98 Å². The number of benzene rings is 1. The molecule has 0 aliphatic heterocycles. The average molecular weight is 299 g/mol. The fourth-order valence-electron chi connectivity index (χ4n) is 2.06. The number of pyridine rings is 1. The molecule has 2 nitrogen and oxygen atoms in total. The summed E-state index contributed by atoms with van der Waals surface area (Å²) in [6, 6.07) is 9.49. The van der Waals surface area contributed by atoms with Crippen molar-refractivity contribution in [2.24, 2.45) is 0 Å². The predicted octanol–water partition coefficient (Wildman–Crippen LogP) is 4.01. The fraction of sp³-hybridized carbons (Fsp3) is 0.222. The topological polar surface area (TPSA) is 30.0 Å². The maximum atomic E-state index is 13.7. The molecular weight excluding hydrogens is 284 g/mol. The number of alkyl halides is 1. The standard InChI is InChI=1S/C18H15F2NO/c1-13-6-4-10-16(20)18(13)17(22)11-3-2-7-14-8-5-9-15(12-19)21-14/h4-6,8-10H,3,11-12H2,1H3. The lowest BCUT2D eigenvalue weighted by Gasteiger charge is -2.04. The van der Waals surface area contributed by atoms with E-state index in [0.29, 0.717) is 23.4 Å². The monoisotopic (exact) mass is 299 g/mol. The van der Waals surface area contributed by atoms with Gasteiger partial charge in [-0.15, -0.1) is 0 Å². The molecule has 1 aromatic heterocycles. The van der Waals surface area contributed by atoms with Crippen LogP contribution in [0.1, 0.15) is 40.2 Å². The summed E-state index contributed by atoms with van der Waals surface area (Å²) in [6.45, 7) is 1.06. The molecule has 0 N–H and O–H groups in total. The summed E-state index contributed by atoms with van der Waals surface area (Å²) in [5.74, 6) is 4.82. The summed E-state index contributed by atoms with van der Waals surface area (Å²) in [4.78, 5) is 16.0. The van der Waals surface area contributed by atoms with Gasteiger partial charge in [0.2, 0.25) is 0 Å². The van der Waals surface area contributed by atoms with Crippen LogP contribution in [0.3, 0.4) is 0 Å². The van der Waals surface area contributed by atoms with Gasteiger partial charge in [0, 0.05) is 12.8 Å². The number of aromatic nitrogens is 1. The Morgan fingerprint density at radius 1 is 1.23 bits per heavy atom. The highest BCUT2D eigenvalue weighted by molar-refractivity contribution is 5.97. The second kappa shape index (κ2) is 7.46. The second-order valence-corrected chi connectivity index (χ2v) is 4.80. The molecule has 1 heterocycles. The van der Waals surface area contributed by atoms with Gasteiger partial charge >= 0.3 is 0 Å². The highest BCUT2D eigenvalue weighted by Gasteiger charge is 2.13. The number of ketones is 1. The van der Waals surface area contributed by atoms with Crippen molar-refractivity contribution in [2.45, 2.75) is 26.4 Å². The number of aryl methyl sites for hydroxylation is 1. The Labute approximate surface area is 128 Å². The second-order valence-electron chi connectivity index (χ2n) is 4.80. The number of hydrogen-bond donors (Lipinski definition) is 0. The predicted molar refractivity (Wildman–Crippen MR) is 80.6 cm³/mol. The Hall–Kier alpha value is -2.54. The van der Waals surface area contributed by atoms with E-state index >= 15 is 0 Å². The van der Waals surface area contributed by atoms with E-state index in [9.17, 15) is 13.6 Å². The van der Waals surface area contributed by atoms with E-state index in [-0.39, 0.29) is 17.8 Å². The third-order valence-corrected chi connectivity index (χ3v) is 3.14. The van der Waals surface area contributed by atoms with E-state index in [2.05, 4.69) is 16.8 Å². The van der Waals surface area contributed by atoms with E-state index in [0.717, 1.165) is 0 Å². The van der Waals surface area contributed by atoms with Crippen molar-refractivity contribution in [3.63, 3.8) is 0 Å². The first-order chi connectivity index (χ1) is 10.6. The van der Waals surface area contributed by atoms with Crippen molar-refractivity contribution in [2.75, 3.05) is 0 Å². The molecule has 1 aromatic carbocycles. The van der Waals surface area contributed by atoms with Crippen LogP contribution in [0.25, 0.3) is 0 Å². The summed E-state index contributed by atoms with van der Waals surface area (Å²) in [5, 5.41) is 0. The fourth-order valence-corrected chi connectivity index (χ4v) is 2.06. The largest absolute Gasteiger partial charge is 0.294 e. The van der Waals surface area contributed by atoms with Gasteiger partial charge in [0.15, 0.2) is 5.78 Å². The van der Waals surface area contributed by atoms with Crippen molar-refractivity contribution < 1.29 is 13.6 Å². The lowest BCUT2D eigenvalue weighted by Crippen LogP contribution is -2.04. The molecule has 0 amide bonds. The van der Waals surface area contributed by atoms with Crippen LogP contribution in [0.15, 0.2) is 36.4 Å². The third kappa shape index (κ3) is 3.98. The highest BCUT2D eigenvalue weighted by Crippen LogP contribution is 2.15. The van der Waals surface area contributed by atoms with Crippen molar-refractivity contribution in [1.29, 1.82) is 0 Å². The average Bonchev–Trinajstić information content (AvgIpc) is 2.51. The Balaban J connectivity index is 1.99. The van der Waals surface area contributed by atoms with E-state index in [1.165, 1.54) is 6.07 Å². The molecule has 2 rings (SSSR count). The lowest BCUT2D eigenvalue weighted by atomic mass is 10.0. The Bertz CT molecular complexity index is 724. The van der Waals surface area contributed by atoms with E-state index in [1.807, 2.05) is 0 Å². The van der Waals surface area contributed by atoms with Gasteiger partial charge in [0.25, 0.3) is 0 Å². The smallest absolute Gasteiger partial charge is 0.167 e. The van der Waals surface area contributed by atoms with Gasteiger partial charge in [-0.2, -0.15) is 0 Å².